The summed E-state index contributed by atoms with van der Waals surface area (Å²) in [6.07, 6.45) is 0. The number of aryl methyl sites for hydroxylation is 2. The zero-order chi connectivity index (χ0) is 23.8. The van der Waals surface area contributed by atoms with Gasteiger partial charge in [0.15, 0.2) is 0 Å². The number of carbonyl (C=O) groups excluding carboxylic acids is 1. The van der Waals surface area contributed by atoms with Gasteiger partial charge in [0, 0.05) is 27.2 Å². The number of methoxy groups -OCH3 is 1. The summed E-state index contributed by atoms with van der Waals surface area (Å²) in [7, 11) is 3.65. The number of ether oxygens (including phenoxy) is 2. The van der Waals surface area contributed by atoms with Crippen molar-refractivity contribution in [1.82, 2.24) is 9.21 Å². The van der Waals surface area contributed by atoms with Crippen molar-refractivity contribution in [2.24, 2.45) is 0 Å². The lowest BCUT2D eigenvalue weighted by Gasteiger charge is -2.20. The molecule has 1 N–H and O–H groups in total. The largest absolute Gasteiger partial charge is 0.497 e. The van der Waals surface area contributed by atoms with Crippen molar-refractivity contribution in [3.05, 3.63) is 58.7 Å². The van der Waals surface area contributed by atoms with Crippen LogP contribution in [0.25, 0.3) is 0 Å². The molecule has 8 nitrogen and oxygen atoms in total. The van der Waals surface area contributed by atoms with Gasteiger partial charge in [-0.15, -0.1) is 0 Å². The van der Waals surface area contributed by atoms with Gasteiger partial charge >= 0.3 is 5.97 Å². The molecule has 0 aliphatic carbocycles. The van der Waals surface area contributed by atoms with E-state index in [9.17, 15) is 13.8 Å². The van der Waals surface area contributed by atoms with Gasteiger partial charge in [-0.3, -0.25) is 4.79 Å². The highest BCUT2D eigenvalue weighted by Gasteiger charge is 2.17. The summed E-state index contributed by atoms with van der Waals surface area (Å²) in [4.78, 5) is 25.5. The normalized spacial score (nSPS) is 11.9. The monoisotopic (exact) mass is 462 g/mol. The number of carboxylic acids is 1. The van der Waals surface area contributed by atoms with Crippen LogP contribution in [0.5, 0.6) is 5.75 Å². The number of likely N-dealkylation sites (N-methyl/N-ethyl adjacent to an activating group) is 2. The van der Waals surface area contributed by atoms with E-state index in [4.69, 9.17) is 14.6 Å². The molecular formula is C23H30N2O6S. The van der Waals surface area contributed by atoms with Crippen LogP contribution in [-0.2, 0) is 27.1 Å². The van der Waals surface area contributed by atoms with Crippen molar-refractivity contribution in [2.45, 2.75) is 25.3 Å². The fourth-order valence-electron chi connectivity index (χ4n) is 3.12. The number of benzene rings is 2. The third-order valence-electron chi connectivity index (χ3n) is 4.95. The van der Waals surface area contributed by atoms with Crippen LogP contribution in [-0.4, -0.2) is 71.4 Å². The Bertz CT molecular complexity index is 954. The minimum absolute atomic E-state index is 0.0925. The van der Waals surface area contributed by atoms with E-state index in [1.165, 1.54) is 17.0 Å². The molecule has 9 heteroatoms. The van der Waals surface area contributed by atoms with Crippen LogP contribution < -0.4 is 4.74 Å². The molecular weight excluding hydrogens is 432 g/mol. The molecule has 32 heavy (non-hydrogen) atoms. The van der Waals surface area contributed by atoms with Gasteiger partial charge in [-0.25, -0.2) is 13.3 Å². The SMILES string of the molecule is COc1cc(C)c(S(=O)N(C)CCOCC(=O)N(C)Cc2ccc(C(=O)O)cc2)c(C)c1. The van der Waals surface area contributed by atoms with Crippen LogP contribution in [0.1, 0.15) is 27.0 Å². The van der Waals surface area contributed by atoms with E-state index in [-0.39, 0.29) is 24.7 Å². The van der Waals surface area contributed by atoms with Gasteiger partial charge in [0.25, 0.3) is 0 Å². The summed E-state index contributed by atoms with van der Waals surface area (Å²) in [6.45, 7) is 4.70. The Hall–Kier alpha value is -2.75. The summed E-state index contributed by atoms with van der Waals surface area (Å²) in [5.74, 6) is -0.456. The molecule has 1 atom stereocenters. The fourth-order valence-corrected chi connectivity index (χ4v) is 4.34. The predicted molar refractivity (Wildman–Crippen MR) is 122 cm³/mol. The van der Waals surface area contributed by atoms with E-state index in [2.05, 4.69) is 0 Å². The first kappa shape index (κ1) is 25.5. The van der Waals surface area contributed by atoms with Gasteiger partial charge in [-0.1, -0.05) is 12.1 Å². The molecule has 174 valence electrons. The molecule has 2 rings (SSSR count). The van der Waals surface area contributed by atoms with Crippen LogP contribution in [0.3, 0.4) is 0 Å². The Kier molecular flexibility index (Phi) is 9.37. The number of aromatic carboxylic acids is 1. The molecule has 0 aromatic heterocycles. The van der Waals surface area contributed by atoms with Crippen LogP contribution in [0.2, 0.25) is 0 Å². The Morgan fingerprint density at radius 3 is 2.19 bits per heavy atom. The molecule has 0 spiro atoms. The number of hydrogen-bond donors (Lipinski definition) is 1. The van der Waals surface area contributed by atoms with Gasteiger partial charge < -0.3 is 19.5 Å². The summed E-state index contributed by atoms with van der Waals surface area (Å²) in [6, 6.07) is 10.1. The molecule has 0 fully saturated rings. The fraction of sp³-hybridized carbons (Fsp3) is 0.391. The second kappa shape index (κ2) is 11.8. The first-order valence-corrected chi connectivity index (χ1v) is 11.2. The number of hydrogen-bond acceptors (Lipinski definition) is 5. The third kappa shape index (κ3) is 6.88. The molecule has 0 saturated carbocycles. The van der Waals surface area contributed by atoms with Crippen molar-refractivity contribution in [2.75, 3.05) is 41.0 Å². The van der Waals surface area contributed by atoms with E-state index in [1.54, 1.807) is 37.6 Å². The second-order valence-electron chi connectivity index (χ2n) is 7.50. The topological polar surface area (TPSA) is 96.4 Å². The number of carbonyl (C=O) groups is 2. The van der Waals surface area contributed by atoms with Crippen molar-refractivity contribution in [3.8, 4) is 5.75 Å². The Labute approximate surface area is 191 Å². The van der Waals surface area contributed by atoms with Crippen LogP contribution in [0, 0.1) is 13.8 Å². The van der Waals surface area contributed by atoms with Crippen LogP contribution in [0.4, 0.5) is 0 Å². The molecule has 1 amide bonds. The van der Waals surface area contributed by atoms with Crippen molar-refractivity contribution >= 4 is 22.9 Å². The van der Waals surface area contributed by atoms with E-state index in [0.717, 1.165) is 27.3 Å². The zero-order valence-corrected chi connectivity index (χ0v) is 19.9. The standard InChI is InChI=1S/C23H30N2O6S/c1-16-12-20(30-5)13-17(2)22(16)32(29)25(4)10-11-31-15-21(26)24(3)14-18-6-8-19(9-7-18)23(27)28/h6-9,12-13H,10-11,14-15H2,1-5H3,(H,27,28). The first-order chi connectivity index (χ1) is 15.1. The Balaban J connectivity index is 1.80. The highest BCUT2D eigenvalue weighted by molar-refractivity contribution is 7.82. The molecule has 2 aromatic rings. The van der Waals surface area contributed by atoms with Gasteiger partial charge in [-0.05, 0) is 54.8 Å². The predicted octanol–water partition coefficient (Wildman–Crippen LogP) is 2.64. The minimum atomic E-state index is -1.36. The lowest BCUT2D eigenvalue weighted by Crippen LogP contribution is -2.32. The summed E-state index contributed by atoms with van der Waals surface area (Å²) in [5.41, 5.74) is 2.81. The minimum Gasteiger partial charge on any atom is -0.497 e. The Morgan fingerprint density at radius 2 is 1.66 bits per heavy atom. The highest BCUT2D eigenvalue weighted by atomic mass is 32.2. The molecule has 2 aromatic carbocycles. The maximum Gasteiger partial charge on any atom is 0.335 e. The molecule has 0 bridgehead atoms. The molecule has 0 heterocycles. The zero-order valence-electron chi connectivity index (χ0n) is 19.1. The third-order valence-corrected chi connectivity index (χ3v) is 6.69. The Morgan fingerprint density at radius 1 is 1.06 bits per heavy atom. The second-order valence-corrected chi connectivity index (χ2v) is 9.03. The highest BCUT2D eigenvalue weighted by Crippen LogP contribution is 2.25. The van der Waals surface area contributed by atoms with E-state index < -0.39 is 17.0 Å². The lowest BCUT2D eigenvalue weighted by molar-refractivity contribution is -0.135. The molecule has 0 aliphatic rings. The lowest BCUT2D eigenvalue weighted by atomic mass is 10.1. The van der Waals surface area contributed by atoms with Gasteiger partial charge in [0.1, 0.15) is 23.3 Å². The van der Waals surface area contributed by atoms with Crippen molar-refractivity contribution in [1.29, 1.82) is 0 Å². The first-order valence-electron chi connectivity index (χ1n) is 10.1. The van der Waals surface area contributed by atoms with Gasteiger partial charge in [0.05, 0.1) is 24.2 Å². The van der Waals surface area contributed by atoms with Gasteiger partial charge in [-0.2, -0.15) is 0 Å². The number of rotatable bonds is 11. The maximum absolute atomic E-state index is 12.9. The molecule has 0 aliphatic heterocycles. The summed E-state index contributed by atoms with van der Waals surface area (Å²) >= 11 is 0. The van der Waals surface area contributed by atoms with Crippen molar-refractivity contribution < 1.29 is 28.4 Å². The summed E-state index contributed by atoms with van der Waals surface area (Å²) < 4.78 is 25.3. The van der Waals surface area contributed by atoms with Gasteiger partial charge in [0.2, 0.25) is 5.91 Å². The number of amides is 1. The quantitative estimate of drug-likeness (QED) is 0.516. The van der Waals surface area contributed by atoms with E-state index in [1.807, 2.05) is 26.0 Å². The van der Waals surface area contributed by atoms with E-state index >= 15 is 0 Å². The van der Waals surface area contributed by atoms with Crippen LogP contribution in [0.15, 0.2) is 41.3 Å². The van der Waals surface area contributed by atoms with E-state index in [0.29, 0.717) is 13.1 Å². The molecule has 0 saturated heterocycles. The maximum atomic E-state index is 12.9. The van der Waals surface area contributed by atoms with Crippen molar-refractivity contribution in [3.63, 3.8) is 0 Å². The summed E-state index contributed by atoms with van der Waals surface area (Å²) in [5, 5.41) is 8.94. The van der Waals surface area contributed by atoms with Crippen LogP contribution >= 0.6 is 0 Å². The number of carboxylic acid groups (broad SMARTS) is 1. The molecule has 0 radical (unpaired) electrons. The number of nitrogens with zero attached hydrogens (tertiary/aromatic N) is 2. The average molecular weight is 463 g/mol. The average Bonchev–Trinajstić information content (AvgIpc) is 2.75. The molecule has 1 unspecified atom stereocenters. The smallest absolute Gasteiger partial charge is 0.335 e.